The molecule has 0 aromatic heterocycles. The molecule has 1 aromatic rings. The minimum absolute atomic E-state index is 0.0328. The van der Waals surface area contributed by atoms with Crippen LogP contribution in [0.1, 0.15) is 19.3 Å². The van der Waals surface area contributed by atoms with E-state index in [1.807, 2.05) is 24.3 Å². The van der Waals surface area contributed by atoms with Gasteiger partial charge in [-0.05, 0) is 31.5 Å². The number of rotatable bonds is 5. The Kier molecular flexibility index (Phi) is 5.38. The molecule has 5 nitrogen and oxygen atoms in total. The summed E-state index contributed by atoms with van der Waals surface area (Å²) in [4.78, 5) is 14.1. The number of β-amino-alcohol motifs (C(OH)–C–C–N with tert-alkyl or cyclic N) is 1. The number of anilines is 1. The molecule has 1 amide bonds. The highest BCUT2D eigenvalue weighted by molar-refractivity contribution is 5.92. The first kappa shape index (κ1) is 14.8. The number of likely N-dealkylation sites (tertiary alicyclic amines) is 1. The fourth-order valence-electron chi connectivity index (χ4n) is 2.45. The number of hydrogen-bond donors (Lipinski definition) is 2. The molecule has 2 rings (SSSR count). The van der Waals surface area contributed by atoms with E-state index in [1.54, 1.807) is 7.11 Å². The number of piperidine rings is 1. The molecular weight excluding hydrogens is 256 g/mol. The van der Waals surface area contributed by atoms with Crippen LogP contribution in [0.2, 0.25) is 0 Å². The Balaban J connectivity index is 1.80. The summed E-state index contributed by atoms with van der Waals surface area (Å²) in [5.41, 5.74) is 0.693. The molecule has 2 N–H and O–H groups in total. The Morgan fingerprint density at radius 1 is 1.50 bits per heavy atom. The van der Waals surface area contributed by atoms with Crippen molar-refractivity contribution in [2.24, 2.45) is 0 Å². The number of methoxy groups -OCH3 is 1. The molecule has 0 spiro atoms. The third-order valence-electron chi connectivity index (χ3n) is 3.52. The first-order valence-electron chi connectivity index (χ1n) is 7.02. The fraction of sp³-hybridized carbons (Fsp3) is 0.533. The quantitative estimate of drug-likeness (QED) is 0.856. The van der Waals surface area contributed by atoms with Gasteiger partial charge in [-0.25, -0.2) is 0 Å². The van der Waals surface area contributed by atoms with Crippen molar-refractivity contribution in [3.63, 3.8) is 0 Å². The number of aliphatic hydroxyl groups excluding tert-OH is 1. The van der Waals surface area contributed by atoms with Crippen LogP contribution in [0, 0.1) is 0 Å². The second-order valence-corrected chi connectivity index (χ2v) is 5.10. The largest absolute Gasteiger partial charge is 0.495 e. The number of carbonyl (C=O) groups excluding carboxylic acids is 1. The smallest absolute Gasteiger partial charge is 0.225 e. The van der Waals surface area contributed by atoms with E-state index < -0.39 is 0 Å². The topological polar surface area (TPSA) is 61.8 Å². The Morgan fingerprint density at radius 3 is 3.05 bits per heavy atom. The zero-order valence-electron chi connectivity index (χ0n) is 11.8. The van der Waals surface area contributed by atoms with Crippen LogP contribution in [0.5, 0.6) is 5.75 Å². The molecule has 0 saturated carbocycles. The molecule has 1 saturated heterocycles. The number of carbonyl (C=O) groups is 1. The predicted molar refractivity (Wildman–Crippen MR) is 77.9 cm³/mol. The van der Waals surface area contributed by atoms with Gasteiger partial charge in [0.1, 0.15) is 5.75 Å². The molecule has 20 heavy (non-hydrogen) atoms. The average molecular weight is 278 g/mol. The van der Waals surface area contributed by atoms with E-state index in [1.165, 1.54) is 0 Å². The molecule has 1 atom stereocenters. The van der Waals surface area contributed by atoms with Crippen LogP contribution >= 0.6 is 0 Å². The number of nitrogens with one attached hydrogen (secondary N) is 1. The lowest BCUT2D eigenvalue weighted by molar-refractivity contribution is -0.116. The lowest BCUT2D eigenvalue weighted by Crippen LogP contribution is -2.39. The maximum atomic E-state index is 11.9. The van der Waals surface area contributed by atoms with E-state index >= 15 is 0 Å². The van der Waals surface area contributed by atoms with Gasteiger partial charge in [-0.3, -0.25) is 4.79 Å². The Bertz CT molecular complexity index is 450. The highest BCUT2D eigenvalue weighted by Gasteiger charge is 2.18. The van der Waals surface area contributed by atoms with Crippen LogP contribution in [-0.2, 0) is 4.79 Å². The van der Waals surface area contributed by atoms with Gasteiger partial charge in [0.2, 0.25) is 5.91 Å². The Labute approximate surface area is 119 Å². The van der Waals surface area contributed by atoms with E-state index in [0.717, 1.165) is 19.4 Å². The molecule has 1 aliphatic heterocycles. The van der Waals surface area contributed by atoms with Crippen LogP contribution in [-0.4, -0.2) is 48.8 Å². The van der Waals surface area contributed by atoms with E-state index in [2.05, 4.69) is 10.2 Å². The molecule has 1 fully saturated rings. The van der Waals surface area contributed by atoms with Gasteiger partial charge in [0.15, 0.2) is 0 Å². The van der Waals surface area contributed by atoms with E-state index in [0.29, 0.717) is 30.9 Å². The highest BCUT2D eigenvalue weighted by Crippen LogP contribution is 2.23. The lowest BCUT2D eigenvalue weighted by Gasteiger charge is -2.29. The van der Waals surface area contributed by atoms with Crippen LogP contribution in [0.4, 0.5) is 5.69 Å². The summed E-state index contributed by atoms with van der Waals surface area (Å²) >= 11 is 0. The molecule has 0 unspecified atom stereocenters. The van der Waals surface area contributed by atoms with Crippen molar-refractivity contribution in [3.05, 3.63) is 24.3 Å². The molecule has 1 heterocycles. The molecule has 110 valence electrons. The maximum Gasteiger partial charge on any atom is 0.225 e. The predicted octanol–water partition coefficient (Wildman–Crippen LogP) is 1.48. The van der Waals surface area contributed by atoms with Crippen molar-refractivity contribution >= 4 is 11.6 Å². The summed E-state index contributed by atoms with van der Waals surface area (Å²) in [6, 6.07) is 7.36. The van der Waals surface area contributed by atoms with Gasteiger partial charge in [-0.1, -0.05) is 12.1 Å². The summed E-state index contributed by atoms with van der Waals surface area (Å²) in [7, 11) is 1.58. The molecule has 5 heteroatoms. The third kappa shape index (κ3) is 4.21. The molecule has 0 aliphatic carbocycles. The Hall–Kier alpha value is -1.59. The second-order valence-electron chi connectivity index (χ2n) is 5.10. The van der Waals surface area contributed by atoms with Gasteiger partial charge in [-0.15, -0.1) is 0 Å². The van der Waals surface area contributed by atoms with Crippen LogP contribution < -0.4 is 10.1 Å². The van der Waals surface area contributed by atoms with E-state index in [-0.39, 0.29) is 12.0 Å². The van der Waals surface area contributed by atoms with Crippen molar-refractivity contribution < 1.29 is 14.6 Å². The minimum atomic E-state index is -0.249. The zero-order valence-corrected chi connectivity index (χ0v) is 11.8. The number of benzene rings is 1. The van der Waals surface area contributed by atoms with Crippen molar-refractivity contribution in [1.82, 2.24) is 4.90 Å². The third-order valence-corrected chi connectivity index (χ3v) is 3.52. The number of nitrogens with zero attached hydrogens (tertiary/aromatic N) is 1. The SMILES string of the molecule is COc1ccccc1NC(=O)CCN1CCC[C@H](O)C1. The normalized spacial score (nSPS) is 19.6. The van der Waals surface area contributed by atoms with Crippen molar-refractivity contribution in [2.45, 2.75) is 25.4 Å². The second kappa shape index (κ2) is 7.26. The fourth-order valence-corrected chi connectivity index (χ4v) is 2.45. The van der Waals surface area contributed by atoms with Gasteiger partial charge in [-0.2, -0.15) is 0 Å². The Morgan fingerprint density at radius 2 is 2.30 bits per heavy atom. The summed E-state index contributed by atoms with van der Waals surface area (Å²) in [6.07, 6.45) is 2.03. The lowest BCUT2D eigenvalue weighted by atomic mass is 10.1. The van der Waals surface area contributed by atoms with Gasteiger partial charge in [0.25, 0.3) is 0 Å². The van der Waals surface area contributed by atoms with Crippen LogP contribution in [0.3, 0.4) is 0 Å². The zero-order chi connectivity index (χ0) is 14.4. The van der Waals surface area contributed by atoms with Crippen LogP contribution in [0.15, 0.2) is 24.3 Å². The van der Waals surface area contributed by atoms with Crippen molar-refractivity contribution in [2.75, 3.05) is 32.1 Å². The number of hydrogen-bond acceptors (Lipinski definition) is 4. The minimum Gasteiger partial charge on any atom is -0.495 e. The number of amides is 1. The summed E-state index contributed by atoms with van der Waals surface area (Å²) in [6.45, 7) is 2.30. The first-order valence-corrected chi connectivity index (χ1v) is 7.02. The average Bonchev–Trinajstić information content (AvgIpc) is 2.46. The maximum absolute atomic E-state index is 11.9. The van der Waals surface area contributed by atoms with E-state index in [4.69, 9.17) is 4.74 Å². The highest BCUT2D eigenvalue weighted by atomic mass is 16.5. The van der Waals surface area contributed by atoms with Gasteiger partial charge in [0, 0.05) is 19.5 Å². The monoisotopic (exact) mass is 278 g/mol. The van der Waals surface area contributed by atoms with Crippen molar-refractivity contribution in [1.29, 1.82) is 0 Å². The molecule has 0 bridgehead atoms. The number of aliphatic hydroxyl groups is 1. The number of ether oxygens (including phenoxy) is 1. The summed E-state index contributed by atoms with van der Waals surface area (Å²) < 4.78 is 5.20. The number of para-hydroxylation sites is 2. The van der Waals surface area contributed by atoms with Crippen LogP contribution in [0.25, 0.3) is 0 Å². The standard InChI is InChI=1S/C15H22N2O3/c1-20-14-7-3-2-6-13(14)16-15(19)8-10-17-9-4-5-12(18)11-17/h2-3,6-7,12,18H,4-5,8-11H2,1H3,(H,16,19)/t12-/m0/s1. The first-order chi connectivity index (χ1) is 9.69. The molecule has 1 aromatic carbocycles. The molecular formula is C15H22N2O3. The summed E-state index contributed by atoms with van der Waals surface area (Å²) in [5, 5.41) is 12.4. The molecule has 0 radical (unpaired) electrons. The van der Waals surface area contributed by atoms with Gasteiger partial charge in [0.05, 0.1) is 18.9 Å². The van der Waals surface area contributed by atoms with Gasteiger partial charge < -0.3 is 20.1 Å². The van der Waals surface area contributed by atoms with Crippen molar-refractivity contribution in [3.8, 4) is 5.75 Å². The van der Waals surface area contributed by atoms with Gasteiger partial charge >= 0.3 is 0 Å². The van der Waals surface area contributed by atoms with E-state index in [9.17, 15) is 9.90 Å². The molecule has 1 aliphatic rings. The summed E-state index contributed by atoms with van der Waals surface area (Å²) in [5.74, 6) is 0.629.